The zero-order valence-corrected chi connectivity index (χ0v) is 6.66. The standard InChI is InChI=1S/C7H14OS/c1-9-7-5-3-2-4-6(7)8/h6-8H,2-5H2,1H3/t6-,7?/m1/s1. The van der Waals surface area contributed by atoms with E-state index in [1.165, 1.54) is 19.3 Å². The van der Waals surface area contributed by atoms with Crippen molar-refractivity contribution in [2.45, 2.75) is 37.0 Å². The highest BCUT2D eigenvalue weighted by Crippen LogP contribution is 2.26. The van der Waals surface area contributed by atoms with Gasteiger partial charge in [-0.05, 0) is 19.1 Å². The van der Waals surface area contributed by atoms with Gasteiger partial charge in [-0.25, -0.2) is 0 Å². The fourth-order valence-electron chi connectivity index (χ4n) is 1.35. The van der Waals surface area contributed by atoms with Crippen LogP contribution in [0.2, 0.25) is 0 Å². The molecule has 0 aromatic rings. The zero-order chi connectivity index (χ0) is 6.69. The van der Waals surface area contributed by atoms with Gasteiger partial charge in [-0.15, -0.1) is 0 Å². The Morgan fingerprint density at radius 3 is 2.44 bits per heavy atom. The van der Waals surface area contributed by atoms with Crippen molar-refractivity contribution in [3.05, 3.63) is 0 Å². The Hall–Kier alpha value is 0.310. The minimum Gasteiger partial charge on any atom is -0.392 e. The van der Waals surface area contributed by atoms with Crippen LogP contribution < -0.4 is 0 Å². The van der Waals surface area contributed by atoms with Gasteiger partial charge in [0.15, 0.2) is 0 Å². The lowest BCUT2D eigenvalue weighted by Gasteiger charge is -2.25. The van der Waals surface area contributed by atoms with Gasteiger partial charge in [-0.2, -0.15) is 11.8 Å². The molecular formula is C7H14OS. The van der Waals surface area contributed by atoms with E-state index in [2.05, 4.69) is 6.26 Å². The molecule has 0 radical (unpaired) electrons. The fraction of sp³-hybridized carbons (Fsp3) is 1.00. The first-order chi connectivity index (χ1) is 4.34. The SMILES string of the molecule is CSC1CCCC[C@H]1O. The Morgan fingerprint density at radius 2 is 2.00 bits per heavy atom. The van der Waals surface area contributed by atoms with Crippen molar-refractivity contribution < 1.29 is 5.11 Å². The number of aliphatic hydroxyl groups excluding tert-OH is 1. The number of aliphatic hydroxyl groups is 1. The predicted molar refractivity (Wildman–Crippen MR) is 41.8 cm³/mol. The van der Waals surface area contributed by atoms with Crippen molar-refractivity contribution in [2.24, 2.45) is 0 Å². The molecule has 0 aliphatic heterocycles. The molecule has 1 aliphatic carbocycles. The molecule has 1 unspecified atom stereocenters. The van der Waals surface area contributed by atoms with Gasteiger partial charge in [0.2, 0.25) is 0 Å². The Bertz CT molecular complexity index is 85.0. The molecule has 0 aromatic heterocycles. The van der Waals surface area contributed by atoms with E-state index in [0.717, 1.165) is 6.42 Å². The summed E-state index contributed by atoms with van der Waals surface area (Å²) >= 11 is 1.80. The summed E-state index contributed by atoms with van der Waals surface area (Å²) in [5.41, 5.74) is 0. The molecule has 1 aliphatic rings. The Balaban J connectivity index is 2.30. The fourth-order valence-corrected chi connectivity index (χ4v) is 2.20. The lowest BCUT2D eigenvalue weighted by Crippen LogP contribution is -2.26. The summed E-state index contributed by atoms with van der Waals surface area (Å²) < 4.78 is 0. The second-order valence-electron chi connectivity index (χ2n) is 2.63. The van der Waals surface area contributed by atoms with Gasteiger partial charge in [0, 0.05) is 5.25 Å². The highest BCUT2D eigenvalue weighted by atomic mass is 32.2. The van der Waals surface area contributed by atoms with Crippen LogP contribution in [-0.2, 0) is 0 Å². The number of thioether (sulfide) groups is 1. The van der Waals surface area contributed by atoms with Crippen molar-refractivity contribution >= 4 is 11.8 Å². The van der Waals surface area contributed by atoms with Crippen LogP contribution >= 0.6 is 11.8 Å². The van der Waals surface area contributed by atoms with E-state index in [1.807, 2.05) is 0 Å². The van der Waals surface area contributed by atoms with Crippen LogP contribution in [0, 0.1) is 0 Å². The third-order valence-electron chi connectivity index (χ3n) is 1.97. The van der Waals surface area contributed by atoms with Crippen LogP contribution in [0.3, 0.4) is 0 Å². The van der Waals surface area contributed by atoms with Crippen molar-refractivity contribution in [1.29, 1.82) is 0 Å². The first kappa shape index (κ1) is 7.42. The molecule has 0 heterocycles. The van der Waals surface area contributed by atoms with Crippen molar-refractivity contribution in [3.63, 3.8) is 0 Å². The predicted octanol–water partition coefficient (Wildman–Crippen LogP) is 1.65. The molecule has 2 heteroatoms. The second kappa shape index (κ2) is 3.47. The van der Waals surface area contributed by atoms with Gasteiger partial charge in [-0.1, -0.05) is 12.8 Å². The van der Waals surface area contributed by atoms with Gasteiger partial charge in [0.1, 0.15) is 0 Å². The lowest BCUT2D eigenvalue weighted by molar-refractivity contribution is 0.137. The van der Waals surface area contributed by atoms with Crippen molar-refractivity contribution in [2.75, 3.05) is 6.26 Å². The molecule has 9 heavy (non-hydrogen) atoms. The first-order valence-electron chi connectivity index (χ1n) is 3.55. The van der Waals surface area contributed by atoms with Crippen LogP contribution in [0.1, 0.15) is 25.7 Å². The number of hydrogen-bond acceptors (Lipinski definition) is 2. The van der Waals surface area contributed by atoms with Crippen LogP contribution in [0.25, 0.3) is 0 Å². The largest absolute Gasteiger partial charge is 0.392 e. The average Bonchev–Trinajstić information content (AvgIpc) is 1.89. The zero-order valence-electron chi connectivity index (χ0n) is 5.84. The van der Waals surface area contributed by atoms with Crippen LogP contribution in [0.15, 0.2) is 0 Å². The van der Waals surface area contributed by atoms with E-state index < -0.39 is 0 Å². The van der Waals surface area contributed by atoms with Crippen molar-refractivity contribution in [3.8, 4) is 0 Å². The second-order valence-corrected chi connectivity index (χ2v) is 3.70. The van der Waals surface area contributed by atoms with E-state index in [1.54, 1.807) is 11.8 Å². The summed E-state index contributed by atoms with van der Waals surface area (Å²) in [6, 6.07) is 0. The summed E-state index contributed by atoms with van der Waals surface area (Å²) in [7, 11) is 0. The summed E-state index contributed by atoms with van der Waals surface area (Å²) in [5, 5.41) is 9.87. The Kier molecular flexibility index (Phi) is 2.86. The van der Waals surface area contributed by atoms with E-state index in [-0.39, 0.29) is 6.10 Å². The summed E-state index contributed by atoms with van der Waals surface area (Å²) in [5.74, 6) is 0. The highest BCUT2D eigenvalue weighted by molar-refractivity contribution is 7.99. The molecule has 0 spiro atoms. The molecule has 2 atom stereocenters. The minimum absolute atomic E-state index is 0.0197. The van der Waals surface area contributed by atoms with Crippen molar-refractivity contribution in [1.82, 2.24) is 0 Å². The summed E-state index contributed by atoms with van der Waals surface area (Å²) in [6.07, 6.45) is 6.82. The van der Waals surface area contributed by atoms with Gasteiger partial charge >= 0.3 is 0 Å². The third-order valence-corrected chi connectivity index (χ3v) is 3.13. The Labute approximate surface area is 60.8 Å². The van der Waals surface area contributed by atoms with Crippen LogP contribution in [-0.4, -0.2) is 22.7 Å². The third kappa shape index (κ3) is 1.87. The molecule has 0 bridgehead atoms. The molecule has 54 valence electrons. The van der Waals surface area contributed by atoms with E-state index in [4.69, 9.17) is 0 Å². The number of hydrogen-bond donors (Lipinski definition) is 1. The maximum absolute atomic E-state index is 9.35. The molecule has 1 fully saturated rings. The Morgan fingerprint density at radius 1 is 1.33 bits per heavy atom. The molecule has 1 rings (SSSR count). The van der Waals surface area contributed by atoms with Gasteiger partial charge < -0.3 is 5.11 Å². The van der Waals surface area contributed by atoms with E-state index >= 15 is 0 Å². The molecule has 1 saturated carbocycles. The molecule has 0 aromatic carbocycles. The molecule has 0 saturated heterocycles. The molecule has 1 N–H and O–H groups in total. The van der Waals surface area contributed by atoms with Crippen LogP contribution in [0.4, 0.5) is 0 Å². The quantitative estimate of drug-likeness (QED) is 0.607. The smallest absolute Gasteiger partial charge is 0.0658 e. The van der Waals surface area contributed by atoms with Gasteiger partial charge in [-0.3, -0.25) is 0 Å². The minimum atomic E-state index is -0.0197. The topological polar surface area (TPSA) is 20.2 Å². The maximum Gasteiger partial charge on any atom is 0.0658 e. The summed E-state index contributed by atoms with van der Waals surface area (Å²) in [6.45, 7) is 0. The average molecular weight is 146 g/mol. The van der Waals surface area contributed by atoms with E-state index in [0.29, 0.717) is 5.25 Å². The van der Waals surface area contributed by atoms with Gasteiger partial charge in [0.25, 0.3) is 0 Å². The first-order valence-corrected chi connectivity index (χ1v) is 4.84. The molecular weight excluding hydrogens is 132 g/mol. The summed E-state index contributed by atoms with van der Waals surface area (Å²) in [4.78, 5) is 0. The van der Waals surface area contributed by atoms with Crippen LogP contribution in [0.5, 0.6) is 0 Å². The molecule has 0 amide bonds. The maximum atomic E-state index is 9.35. The number of rotatable bonds is 1. The monoisotopic (exact) mass is 146 g/mol. The highest BCUT2D eigenvalue weighted by Gasteiger charge is 2.21. The van der Waals surface area contributed by atoms with Gasteiger partial charge in [0.05, 0.1) is 6.10 Å². The molecule has 1 nitrogen and oxygen atoms in total. The normalized spacial score (nSPS) is 36.7. The lowest BCUT2D eigenvalue weighted by atomic mass is 9.97. The van der Waals surface area contributed by atoms with E-state index in [9.17, 15) is 5.11 Å².